The van der Waals surface area contributed by atoms with E-state index >= 15 is 0 Å². The second-order valence-electron chi connectivity index (χ2n) is 6.58. The summed E-state index contributed by atoms with van der Waals surface area (Å²) in [5, 5.41) is 18.7. The van der Waals surface area contributed by atoms with Crippen LogP contribution in [-0.2, 0) is 11.3 Å². The number of aryl methyl sites for hydroxylation is 1. The molecule has 23 heavy (non-hydrogen) atoms. The molecule has 0 saturated carbocycles. The van der Waals surface area contributed by atoms with Gasteiger partial charge >= 0.3 is 0 Å². The first-order chi connectivity index (χ1) is 11.0. The van der Waals surface area contributed by atoms with E-state index in [1.165, 1.54) is 0 Å². The Hall–Kier alpha value is -1.99. The number of rotatable bonds is 5. The molecule has 1 unspecified atom stereocenters. The summed E-state index contributed by atoms with van der Waals surface area (Å²) >= 11 is 0. The highest BCUT2D eigenvalue weighted by Gasteiger charge is 2.38. The molecule has 1 aliphatic rings. The van der Waals surface area contributed by atoms with Crippen LogP contribution in [0.1, 0.15) is 12.8 Å². The predicted octanol–water partition coefficient (Wildman–Crippen LogP) is 0.346. The fourth-order valence-electron chi connectivity index (χ4n) is 3.23. The van der Waals surface area contributed by atoms with Crippen molar-refractivity contribution in [3.05, 3.63) is 24.3 Å². The number of hydrogen-bond acceptors (Lipinski definition) is 5. The first-order valence-electron chi connectivity index (χ1n) is 7.90. The van der Waals surface area contributed by atoms with Gasteiger partial charge < -0.3 is 14.9 Å². The Kier molecular flexibility index (Phi) is 4.32. The molecule has 1 aromatic heterocycles. The second-order valence-corrected chi connectivity index (χ2v) is 6.58. The average Bonchev–Trinajstić information content (AvgIpc) is 3.08. The summed E-state index contributed by atoms with van der Waals surface area (Å²) in [6.07, 6.45) is 0.995. The van der Waals surface area contributed by atoms with Gasteiger partial charge in [0.05, 0.1) is 24.2 Å². The molecule has 0 spiro atoms. The number of carbonyl (C=O) groups is 1. The Morgan fingerprint density at radius 1 is 1.39 bits per heavy atom. The van der Waals surface area contributed by atoms with Crippen LogP contribution in [0.3, 0.4) is 0 Å². The van der Waals surface area contributed by atoms with Crippen LogP contribution in [0.4, 0.5) is 0 Å². The second kappa shape index (κ2) is 6.25. The quantitative estimate of drug-likeness (QED) is 0.861. The number of para-hydroxylation sites is 1. The molecule has 1 fully saturated rings. The van der Waals surface area contributed by atoms with Gasteiger partial charge in [0.15, 0.2) is 0 Å². The highest BCUT2D eigenvalue weighted by molar-refractivity contribution is 5.77. The van der Waals surface area contributed by atoms with Crippen LogP contribution in [-0.4, -0.2) is 75.1 Å². The van der Waals surface area contributed by atoms with Crippen LogP contribution >= 0.6 is 0 Å². The number of aliphatic hydroxyl groups is 1. The largest absolute Gasteiger partial charge is 0.387 e. The molecule has 7 nitrogen and oxygen atoms in total. The summed E-state index contributed by atoms with van der Waals surface area (Å²) in [4.78, 5) is 16.1. The van der Waals surface area contributed by atoms with Crippen molar-refractivity contribution in [2.75, 3.05) is 33.7 Å². The molecule has 7 heteroatoms. The molecule has 0 bridgehead atoms. The van der Waals surface area contributed by atoms with Gasteiger partial charge in [0.1, 0.15) is 5.52 Å². The van der Waals surface area contributed by atoms with E-state index < -0.39 is 5.60 Å². The van der Waals surface area contributed by atoms with Crippen LogP contribution in [0, 0.1) is 0 Å². The minimum atomic E-state index is -0.793. The minimum absolute atomic E-state index is 0.0549. The van der Waals surface area contributed by atoms with Gasteiger partial charge in [-0.1, -0.05) is 17.3 Å². The first kappa shape index (κ1) is 15.9. The van der Waals surface area contributed by atoms with Gasteiger partial charge in [0.25, 0.3) is 0 Å². The van der Waals surface area contributed by atoms with E-state index in [1.807, 2.05) is 43.3 Å². The Labute approximate surface area is 135 Å². The van der Waals surface area contributed by atoms with Crippen molar-refractivity contribution in [2.24, 2.45) is 0 Å². The Bertz CT molecular complexity index is 699. The van der Waals surface area contributed by atoms with Gasteiger partial charge in [0, 0.05) is 19.5 Å². The third-order valence-electron chi connectivity index (χ3n) is 4.25. The van der Waals surface area contributed by atoms with E-state index in [0.717, 1.165) is 11.0 Å². The van der Waals surface area contributed by atoms with Crippen molar-refractivity contribution in [2.45, 2.75) is 25.0 Å². The molecule has 0 radical (unpaired) electrons. The molecule has 1 aliphatic heterocycles. The van der Waals surface area contributed by atoms with E-state index in [9.17, 15) is 9.90 Å². The summed E-state index contributed by atoms with van der Waals surface area (Å²) in [6.45, 7) is 2.09. The lowest BCUT2D eigenvalue weighted by atomic mass is 10.0. The monoisotopic (exact) mass is 317 g/mol. The highest BCUT2D eigenvalue weighted by Crippen LogP contribution is 2.22. The van der Waals surface area contributed by atoms with Crippen molar-refractivity contribution in [3.63, 3.8) is 0 Å². The topological polar surface area (TPSA) is 74.5 Å². The molecule has 3 rings (SSSR count). The smallest absolute Gasteiger partial charge is 0.224 e. The number of likely N-dealkylation sites (tertiary alicyclic amines) is 1. The lowest BCUT2D eigenvalue weighted by Crippen LogP contribution is -2.43. The summed E-state index contributed by atoms with van der Waals surface area (Å²) in [5.74, 6) is 0.0549. The molecule has 2 aromatic rings. The molecular formula is C16H23N5O2. The third-order valence-corrected chi connectivity index (χ3v) is 4.25. The molecule has 2 heterocycles. The SMILES string of the molecule is CN(C)CC1(O)CCN(C(=O)CCn2nnc3ccccc32)C1. The zero-order chi connectivity index (χ0) is 16.4. The highest BCUT2D eigenvalue weighted by atomic mass is 16.3. The van der Waals surface area contributed by atoms with Crippen LogP contribution in [0.15, 0.2) is 24.3 Å². The normalized spacial score (nSPS) is 21.5. The molecule has 1 amide bonds. The number of aromatic nitrogens is 3. The predicted molar refractivity (Wildman–Crippen MR) is 86.8 cm³/mol. The van der Waals surface area contributed by atoms with Gasteiger partial charge in [-0.05, 0) is 32.6 Å². The van der Waals surface area contributed by atoms with Gasteiger partial charge in [-0.3, -0.25) is 4.79 Å². The minimum Gasteiger partial charge on any atom is -0.387 e. The Balaban J connectivity index is 1.58. The van der Waals surface area contributed by atoms with Gasteiger partial charge in [-0.2, -0.15) is 0 Å². The zero-order valence-electron chi connectivity index (χ0n) is 13.6. The number of amides is 1. The number of carbonyl (C=O) groups excluding carboxylic acids is 1. The lowest BCUT2D eigenvalue weighted by Gasteiger charge is -2.26. The molecular weight excluding hydrogens is 294 g/mol. The van der Waals surface area contributed by atoms with Crippen molar-refractivity contribution >= 4 is 16.9 Å². The average molecular weight is 317 g/mol. The van der Waals surface area contributed by atoms with Crippen LogP contribution in [0.5, 0.6) is 0 Å². The van der Waals surface area contributed by atoms with E-state index in [4.69, 9.17) is 0 Å². The summed E-state index contributed by atoms with van der Waals surface area (Å²) < 4.78 is 1.76. The van der Waals surface area contributed by atoms with Crippen molar-refractivity contribution < 1.29 is 9.90 Å². The number of benzene rings is 1. The summed E-state index contributed by atoms with van der Waals surface area (Å²) in [5.41, 5.74) is 0.978. The zero-order valence-corrected chi connectivity index (χ0v) is 13.6. The van der Waals surface area contributed by atoms with Crippen LogP contribution in [0.2, 0.25) is 0 Å². The number of nitrogens with zero attached hydrogens (tertiary/aromatic N) is 5. The van der Waals surface area contributed by atoms with Gasteiger partial charge in [-0.25, -0.2) is 4.68 Å². The van der Waals surface area contributed by atoms with Crippen molar-refractivity contribution in [1.29, 1.82) is 0 Å². The third kappa shape index (κ3) is 3.51. The standard InChI is InChI=1S/C16H23N5O2/c1-19(2)11-16(23)8-10-20(12-16)15(22)7-9-21-14-6-4-3-5-13(14)17-18-21/h3-6,23H,7-12H2,1-2H3. The number of fused-ring (bicyclic) bond motifs is 1. The maximum absolute atomic E-state index is 12.4. The number of hydrogen-bond donors (Lipinski definition) is 1. The van der Waals surface area contributed by atoms with E-state index in [0.29, 0.717) is 39.0 Å². The molecule has 1 saturated heterocycles. The van der Waals surface area contributed by atoms with E-state index in [2.05, 4.69) is 10.3 Å². The molecule has 124 valence electrons. The van der Waals surface area contributed by atoms with Crippen molar-refractivity contribution in [1.82, 2.24) is 24.8 Å². The Morgan fingerprint density at radius 2 is 2.17 bits per heavy atom. The van der Waals surface area contributed by atoms with Gasteiger partial charge in [-0.15, -0.1) is 5.10 Å². The number of likely N-dealkylation sites (N-methyl/N-ethyl adjacent to an activating group) is 1. The fraction of sp³-hybridized carbons (Fsp3) is 0.562. The Morgan fingerprint density at radius 3 is 2.96 bits per heavy atom. The molecule has 0 aliphatic carbocycles. The summed E-state index contributed by atoms with van der Waals surface area (Å²) in [6, 6.07) is 7.71. The first-order valence-corrected chi connectivity index (χ1v) is 7.90. The van der Waals surface area contributed by atoms with Crippen LogP contribution < -0.4 is 0 Å². The van der Waals surface area contributed by atoms with Gasteiger partial charge in [0.2, 0.25) is 5.91 Å². The van der Waals surface area contributed by atoms with E-state index in [-0.39, 0.29) is 5.91 Å². The fourth-order valence-corrected chi connectivity index (χ4v) is 3.23. The molecule has 1 atom stereocenters. The van der Waals surface area contributed by atoms with E-state index in [1.54, 1.807) is 9.58 Å². The maximum Gasteiger partial charge on any atom is 0.224 e. The maximum atomic E-state index is 12.4. The molecule has 1 N–H and O–H groups in total. The van der Waals surface area contributed by atoms with Crippen LogP contribution in [0.25, 0.3) is 11.0 Å². The van der Waals surface area contributed by atoms with Crippen molar-refractivity contribution in [3.8, 4) is 0 Å². The lowest BCUT2D eigenvalue weighted by molar-refractivity contribution is -0.131. The summed E-state index contributed by atoms with van der Waals surface area (Å²) in [7, 11) is 3.86. The molecule has 1 aromatic carbocycles. The number of β-amino-alcohol motifs (C(OH)–C–C–N with tert-alkyl or cyclic N) is 1.